The highest BCUT2D eigenvalue weighted by Crippen LogP contribution is 2.30. The molecule has 0 aliphatic heterocycles. The highest BCUT2D eigenvalue weighted by molar-refractivity contribution is 9.10. The molecule has 0 N–H and O–H groups in total. The Morgan fingerprint density at radius 1 is 1.18 bits per heavy atom. The van der Waals surface area contributed by atoms with Crippen molar-refractivity contribution in [3.8, 4) is 0 Å². The lowest BCUT2D eigenvalue weighted by molar-refractivity contribution is 0.0618. The number of fused-ring (bicyclic) bond motifs is 1. The zero-order chi connectivity index (χ0) is 16.1. The van der Waals surface area contributed by atoms with Crippen LogP contribution in [0.25, 0.3) is 10.9 Å². The molecule has 0 unspecified atom stereocenters. The third-order valence-corrected chi connectivity index (χ3v) is 4.47. The minimum Gasteiger partial charge on any atom is -0.383 e. The fraction of sp³-hybridized carbons (Fsp3) is 0.438. The van der Waals surface area contributed by atoms with Gasteiger partial charge in [0.25, 0.3) is 5.91 Å². The van der Waals surface area contributed by atoms with Crippen molar-refractivity contribution in [2.75, 3.05) is 40.5 Å². The Labute approximate surface area is 138 Å². The van der Waals surface area contributed by atoms with E-state index >= 15 is 0 Å². The Balaban J connectivity index is 2.37. The van der Waals surface area contributed by atoms with Gasteiger partial charge in [-0.25, -0.2) is 0 Å². The molecular formula is C16H21BrN2O3. The summed E-state index contributed by atoms with van der Waals surface area (Å²) in [5.74, 6) is -0.0281. The van der Waals surface area contributed by atoms with Crippen LogP contribution in [0.5, 0.6) is 0 Å². The number of methoxy groups -OCH3 is 2. The average molecular weight is 369 g/mol. The van der Waals surface area contributed by atoms with E-state index < -0.39 is 0 Å². The van der Waals surface area contributed by atoms with Crippen molar-refractivity contribution in [1.29, 1.82) is 0 Å². The smallest absolute Gasteiger partial charge is 0.271 e. The van der Waals surface area contributed by atoms with Crippen molar-refractivity contribution in [3.63, 3.8) is 0 Å². The summed E-state index contributed by atoms with van der Waals surface area (Å²) in [6.45, 7) is 2.06. The second kappa shape index (κ2) is 7.76. The van der Waals surface area contributed by atoms with Gasteiger partial charge in [0, 0.05) is 45.3 Å². The predicted octanol–water partition coefficient (Wildman–Crippen LogP) is 2.68. The topological polar surface area (TPSA) is 43.7 Å². The van der Waals surface area contributed by atoms with Crippen LogP contribution >= 0.6 is 15.9 Å². The molecule has 0 aliphatic carbocycles. The molecule has 0 saturated heterocycles. The van der Waals surface area contributed by atoms with Crippen LogP contribution in [0.2, 0.25) is 0 Å². The first-order valence-corrected chi connectivity index (χ1v) is 7.91. The number of para-hydroxylation sites is 1. The maximum absolute atomic E-state index is 12.9. The Hall–Kier alpha value is -1.37. The molecule has 0 fully saturated rings. The van der Waals surface area contributed by atoms with Gasteiger partial charge in [-0.05, 0) is 22.0 Å². The first-order valence-electron chi connectivity index (χ1n) is 7.11. The molecule has 1 amide bonds. The Morgan fingerprint density at radius 3 is 2.32 bits per heavy atom. The monoisotopic (exact) mass is 368 g/mol. The van der Waals surface area contributed by atoms with E-state index in [4.69, 9.17) is 9.47 Å². The summed E-state index contributed by atoms with van der Waals surface area (Å²) < 4.78 is 13.0. The second-order valence-corrected chi connectivity index (χ2v) is 5.81. The lowest BCUT2D eigenvalue weighted by Gasteiger charge is -2.22. The molecule has 1 heterocycles. The normalized spacial score (nSPS) is 11.1. The van der Waals surface area contributed by atoms with Crippen LogP contribution in [0, 0.1) is 0 Å². The van der Waals surface area contributed by atoms with E-state index in [1.807, 2.05) is 35.9 Å². The number of carbonyl (C=O) groups is 1. The van der Waals surface area contributed by atoms with Crippen molar-refractivity contribution in [1.82, 2.24) is 9.47 Å². The van der Waals surface area contributed by atoms with E-state index in [9.17, 15) is 4.79 Å². The summed E-state index contributed by atoms with van der Waals surface area (Å²) in [4.78, 5) is 14.7. The van der Waals surface area contributed by atoms with Crippen molar-refractivity contribution in [2.24, 2.45) is 7.05 Å². The van der Waals surface area contributed by atoms with E-state index in [1.54, 1.807) is 19.1 Å². The lowest BCUT2D eigenvalue weighted by Crippen LogP contribution is -2.37. The Morgan fingerprint density at radius 2 is 1.77 bits per heavy atom. The molecule has 0 bridgehead atoms. The van der Waals surface area contributed by atoms with Crippen molar-refractivity contribution in [2.45, 2.75) is 0 Å². The van der Waals surface area contributed by atoms with Crippen molar-refractivity contribution < 1.29 is 14.3 Å². The molecular weight excluding hydrogens is 348 g/mol. The SMILES string of the molecule is COCCN(CCOC)C(=O)c1c(Br)c2ccccc2n1C. The van der Waals surface area contributed by atoms with Crippen LogP contribution in [-0.2, 0) is 16.5 Å². The van der Waals surface area contributed by atoms with Crippen LogP contribution in [-0.4, -0.2) is 55.9 Å². The minimum absolute atomic E-state index is 0.0281. The quantitative estimate of drug-likeness (QED) is 0.754. The molecule has 0 saturated carbocycles. The summed E-state index contributed by atoms with van der Waals surface area (Å²) in [7, 11) is 5.17. The molecule has 2 aromatic rings. The van der Waals surface area contributed by atoms with Gasteiger partial charge in [0.15, 0.2) is 0 Å². The predicted molar refractivity (Wildman–Crippen MR) is 90.3 cm³/mol. The third kappa shape index (κ3) is 3.34. The highest BCUT2D eigenvalue weighted by Gasteiger charge is 2.23. The van der Waals surface area contributed by atoms with Gasteiger partial charge in [-0.1, -0.05) is 18.2 Å². The lowest BCUT2D eigenvalue weighted by atomic mass is 10.2. The fourth-order valence-electron chi connectivity index (χ4n) is 2.45. The van der Waals surface area contributed by atoms with Crippen molar-refractivity contribution >= 4 is 32.7 Å². The molecule has 5 nitrogen and oxygen atoms in total. The number of carbonyl (C=O) groups excluding carboxylic acids is 1. The molecule has 0 aliphatic rings. The average Bonchev–Trinajstić information content (AvgIpc) is 2.79. The van der Waals surface area contributed by atoms with Gasteiger partial charge in [0.05, 0.1) is 17.7 Å². The summed E-state index contributed by atoms with van der Waals surface area (Å²) in [5.41, 5.74) is 1.67. The summed E-state index contributed by atoms with van der Waals surface area (Å²) in [5, 5.41) is 1.03. The number of hydrogen-bond acceptors (Lipinski definition) is 3. The van der Waals surface area contributed by atoms with Crippen LogP contribution < -0.4 is 0 Å². The molecule has 22 heavy (non-hydrogen) atoms. The van der Waals surface area contributed by atoms with Gasteiger partial charge in [0.2, 0.25) is 0 Å². The van der Waals surface area contributed by atoms with Crippen LogP contribution in [0.15, 0.2) is 28.7 Å². The molecule has 1 aromatic heterocycles. The maximum Gasteiger partial charge on any atom is 0.271 e. The molecule has 6 heteroatoms. The van der Waals surface area contributed by atoms with Crippen LogP contribution in [0.4, 0.5) is 0 Å². The number of hydrogen-bond donors (Lipinski definition) is 0. The van der Waals surface area contributed by atoms with Gasteiger partial charge in [-0.2, -0.15) is 0 Å². The summed E-state index contributed by atoms with van der Waals surface area (Å²) in [6, 6.07) is 7.95. The highest BCUT2D eigenvalue weighted by atomic mass is 79.9. The molecule has 1 aromatic carbocycles. The molecule has 0 radical (unpaired) electrons. The minimum atomic E-state index is -0.0281. The molecule has 0 spiro atoms. The number of benzene rings is 1. The van der Waals surface area contributed by atoms with Gasteiger partial charge in [-0.15, -0.1) is 0 Å². The van der Waals surface area contributed by atoms with Crippen molar-refractivity contribution in [3.05, 3.63) is 34.4 Å². The Kier molecular flexibility index (Phi) is 5.99. The van der Waals surface area contributed by atoms with Gasteiger partial charge >= 0.3 is 0 Å². The van der Waals surface area contributed by atoms with Crippen LogP contribution in [0.3, 0.4) is 0 Å². The first-order chi connectivity index (χ1) is 10.6. The van der Waals surface area contributed by atoms with Crippen LogP contribution in [0.1, 0.15) is 10.5 Å². The Bertz CT molecular complexity index is 607. The molecule has 2 rings (SSSR count). The number of rotatable bonds is 7. The van der Waals surface area contributed by atoms with Gasteiger partial charge in [-0.3, -0.25) is 4.79 Å². The summed E-state index contributed by atoms with van der Waals surface area (Å²) >= 11 is 3.58. The number of aromatic nitrogens is 1. The zero-order valence-corrected chi connectivity index (χ0v) is 14.7. The van der Waals surface area contributed by atoms with E-state index in [1.165, 1.54) is 0 Å². The van der Waals surface area contributed by atoms with E-state index in [2.05, 4.69) is 15.9 Å². The number of ether oxygens (including phenoxy) is 2. The van der Waals surface area contributed by atoms with E-state index in [0.29, 0.717) is 32.0 Å². The zero-order valence-electron chi connectivity index (χ0n) is 13.1. The van der Waals surface area contributed by atoms with Gasteiger partial charge < -0.3 is 18.9 Å². The maximum atomic E-state index is 12.9. The number of nitrogens with zero attached hydrogens (tertiary/aromatic N) is 2. The fourth-order valence-corrected chi connectivity index (χ4v) is 3.22. The largest absolute Gasteiger partial charge is 0.383 e. The standard InChI is InChI=1S/C16H21BrN2O3/c1-18-13-7-5-4-6-12(13)14(17)15(18)16(20)19(8-10-21-2)9-11-22-3/h4-7H,8-11H2,1-3H3. The third-order valence-electron chi connectivity index (χ3n) is 3.67. The second-order valence-electron chi connectivity index (χ2n) is 5.02. The molecule has 120 valence electrons. The summed E-state index contributed by atoms with van der Waals surface area (Å²) in [6.07, 6.45) is 0. The number of amides is 1. The number of aryl methyl sites for hydroxylation is 1. The van der Waals surface area contributed by atoms with Gasteiger partial charge in [0.1, 0.15) is 5.69 Å². The van der Waals surface area contributed by atoms with E-state index in [-0.39, 0.29) is 5.91 Å². The van der Waals surface area contributed by atoms with E-state index in [0.717, 1.165) is 15.4 Å². The first kappa shape index (κ1) is 17.0. The molecule has 0 atom stereocenters. The number of halogens is 1.